The number of thiophene rings is 1. The van der Waals surface area contributed by atoms with Crippen molar-refractivity contribution < 1.29 is 9.59 Å². The molecule has 5 heterocycles. The van der Waals surface area contributed by atoms with Gasteiger partial charge in [-0.05, 0) is 62.1 Å². The number of ketones is 1. The number of carbonyl (C=O) groups is 2. The maximum absolute atomic E-state index is 12.7. The van der Waals surface area contributed by atoms with Crippen LogP contribution in [0.5, 0.6) is 0 Å². The highest BCUT2D eigenvalue weighted by Crippen LogP contribution is 2.37. The number of aromatic amines is 2. The quantitative estimate of drug-likeness (QED) is 0.167. The largest absolute Gasteiger partial charge is 0.353 e. The third-order valence-corrected chi connectivity index (χ3v) is 9.32. The Hall–Kier alpha value is -4.63. The summed E-state index contributed by atoms with van der Waals surface area (Å²) in [7, 11) is 0. The maximum atomic E-state index is 12.7. The molecule has 1 fully saturated rings. The number of H-pyrrole nitrogens is 2. The summed E-state index contributed by atoms with van der Waals surface area (Å²) in [5, 5.41) is 12.8. The van der Waals surface area contributed by atoms with Gasteiger partial charge in [-0.25, -0.2) is 0 Å². The first kappa shape index (κ1) is 26.3. The first-order valence-corrected chi connectivity index (χ1v) is 15.2. The van der Waals surface area contributed by atoms with Crippen LogP contribution in [0.25, 0.3) is 54.9 Å². The fourth-order valence-corrected chi connectivity index (χ4v) is 6.90. The molecule has 6 aromatic rings. The van der Waals surface area contributed by atoms with Crippen LogP contribution < -0.4 is 5.32 Å². The molecular weight excluding hydrogens is 544 g/mol. The number of benzene rings is 1. The van der Waals surface area contributed by atoms with Gasteiger partial charge in [0.25, 0.3) is 0 Å². The Kier molecular flexibility index (Phi) is 6.87. The maximum Gasteiger partial charge on any atom is 0.224 e. The lowest BCUT2D eigenvalue weighted by molar-refractivity contribution is -0.117. The van der Waals surface area contributed by atoms with Gasteiger partial charge in [0.05, 0.1) is 39.9 Å². The van der Waals surface area contributed by atoms with Gasteiger partial charge in [-0.15, -0.1) is 11.3 Å². The number of anilines is 1. The average molecular weight is 575 g/mol. The molecule has 42 heavy (non-hydrogen) atoms. The molecule has 5 aromatic heterocycles. The molecule has 1 aliphatic rings. The molecule has 0 atom stereocenters. The van der Waals surface area contributed by atoms with Crippen LogP contribution in [0, 0.1) is 5.92 Å². The van der Waals surface area contributed by atoms with Gasteiger partial charge in [-0.3, -0.25) is 24.7 Å². The van der Waals surface area contributed by atoms with Gasteiger partial charge in [-0.1, -0.05) is 31.4 Å². The number of carbonyl (C=O) groups excluding carboxylic acids is 2. The number of pyridine rings is 2. The van der Waals surface area contributed by atoms with Crippen LogP contribution in [0.4, 0.5) is 5.69 Å². The van der Waals surface area contributed by atoms with E-state index in [0.717, 1.165) is 72.6 Å². The van der Waals surface area contributed by atoms with Crippen molar-refractivity contribution in [1.82, 2.24) is 25.1 Å². The molecule has 1 aliphatic carbocycles. The van der Waals surface area contributed by atoms with Crippen LogP contribution in [0.1, 0.15) is 55.1 Å². The number of nitrogens with one attached hydrogen (secondary N) is 3. The molecule has 0 radical (unpaired) electrons. The highest BCUT2D eigenvalue weighted by atomic mass is 32.1. The number of Topliss-reactive ketones (excluding diaryl/α,β-unsaturated/α-hetero) is 1. The molecule has 0 spiro atoms. The summed E-state index contributed by atoms with van der Waals surface area (Å²) < 4.78 is 0. The monoisotopic (exact) mass is 574 g/mol. The summed E-state index contributed by atoms with van der Waals surface area (Å²) >= 11 is 1.51. The van der Waals surface area contributed by atoms with Gasteiger partial charge in [0, 0.05) is 44.9 Å². The summed E-state index contributed by atoms with van der Waals surface area (Å²) in [6.07, 6.45) is 11.8. The molecule has 1 amide bonds. The van der Waals surface area contributed by atoms with Crippen LogP contribution >= 0.6 is 11.3 Å². The van der Waals surface area contributed by atoms with Gasteiger partial charge in [0.2, 0.25) is 5.91 Å². The molecule has 9 heteroatoms. The minimum atomic E-state index is 0.0413. The Balaban J connectivity index is 1.19. The van der Waals surface area contributed by atoms with E-state index in [9.17, 15) is 9.59 Å². The Labute approximate surface area is 246 Å². The Morgan fingerprint density at radius 1 is 0.976 bits per heavy atom. The fraction of sp³-hybridized carbons (Fsp3) is 0.242. The number of amides is 1. The predicted molar refractivity (Wildman–Crippen MR) is 168 cm³/mol. The van der Waals surface area contributed by atoms with Crippen LogP contribution in [0.3, 0.4) is 0 Å². The zero-order chi connectivity index (χ0) is 28.6. The number of aromatic nitrogens is 5. The zero-order valence-electron chi connectivity index (χ0n) is 23.2. The van der Waals surface area contributed by atoms with Crippen molar-refractivity contribution in [3.8, 4) is 33.1 Å². The molecule has 3 N–H and O–H groups in total. The Morgan fingerprint density at radius 3 is 2.69 bits per heavy atom. The van der Waals surface area contributed by atoms with Gasteiger partial charge in [0.1, 0.15) is 5.69 Å². The summed E-state index contributed by atoms with van der Waals surface area (Å²) in [4.78, 5) is 38.9. The van der Waals surface area contributed by atoms with Crippen LogP contribution in [0.2, 0.25) is 0 Å². The first-order valence-electron chi connectivity index (χ1n) is 14.3. The topological polar surface area (TPSA) is 116 Å². The normalized spacial score (nSPS) is 14.0. The van der Waals surface area contributed by atoms with Crippen molar-refractivity contribution in [2.45, 2.75) is 45.4 Å². The van der Waals surface area contributed by atoms with Crippen molar-refractivity contribution >= 4 is 50.5 Å². The summed E-state index contributed by atoms with van der Waals surface area (Å²) in [5.41, 5.74) is 6.79. The van der Waals surface area contributed by atoms with E-state index in [-0.39, 0.29) is 11.7 Å². The van der Waals surface area contributed by atoms with Crippen LogP contribution in [-0.4, -0.2) is 36.8 Å². The van der Waals surface area contributed by atoms with Crippen molar-refractivity contribution in [1.29, 1.82) is 0 Å². The third kappa shape index (κ3) is 5.12. The lowest BCUT2D eigenvalue weighted by atomic mass is 9.87. The smallest absolute Gasteiger partial charge is 0.224 e. The number of fused-ring (bicyclic) bond motifs is 2. The molecule has 0 unspecified atom stereocenters. The number of nitrogens with zero attached hydrogens (tertiary/aromatic N) is 3. The number of rotatable bonds is 7. The molecule has 8 nitrogen and oxygen atoms in total. The van der Waals surface area contributed by atoms with E-state index in [1.165, 1.54) is 30.6 Å². The van der Waals surface area contributed by atoms with E-state index in [4.69, 9.17) is 0 Å². The minimum Gasteiger partial charge on any atom is -0.353 e. The fourth-order valence-electron chi connectivity index (χ4n) is 5.96. The second kappa shape index (κ2) is 11.0. The van der Waals surface area contributed by atoms with Crippen molar-refractivity contribution in [3.05, 3.63) is 72.0 Å². The van der Waals surface area contributed by atoms with E-state index >= 15 is 0 Å². The molecule has 1 aromatic carbocycles. The molecule has 1 saturated carbocycles. The molecule has 210 valence electrons. The van der Waals surface area contributed by atoms with Gasteiger partial charge < -0.3 is 10.3 Å². The molecule has 7 rings (SSSR count). The average Bonchev–Trinajstić information content (AvgIpc) is 3.75. The van der Waals surface area contributed by atoms with Crippen molar-refractivity contribution in [2.24, 2.45) is 5.92 Å². The molecule has 0 saturated heterocycles. The third-order valence-electron chi connectivity index (χ3n) is 8.10. The molecule has 0 bridgehead atoms. The van der Waals surface area contributed by atoms with Gasteiger partial charge >= 0.3 is 0 Å². The van der Waals surface area contributed by atoms with Crippen LogP contribution in [0.15, 0.2) is 67.1 Å². The second-order valence-electron chi connectivity index (χ2n) is 11.1. The SMILES string of the molecule is CC(=O)c1ccc(-c2cccc3[nH]c(-c4n[nH]c5cnc(-c6cncc(NC(=O)CC7CCCCC7)c6)cc45)cc23)s1. The van der Waals surface area contributed by atoms with E-state index in [1.807, 2.05) is 36.4 Å². The van der Waals surface area contributed by atoms with E-state index in [0.29, 0.717) is 18.0 Å². The predicted octanol–water partition coefficient (Wildman–Crippen LogP) is 8.01. The molecule has 0 aliphatic heterocycles. The summed E-state index contributed by atoms with van der Waals surface area (Å²) in [5.74, 6) is 0.588. The number of hydrogen-bond donors (Lipinski definition) is 3. The van der Waals surface area contributed by atoms with Crippen molar-refractivity contribution in [3.63, 3.8) is 0 Å². The lowest BCUT2D eigenvalue weighted by Gasteiger charge is -2.20. The summed E-state index contributed by atoms with van der Waals surface area (Å²) in [6, 6.07) is 16.1. The standard InChI is InChI=1S/C33H30N6O2S/c1-19(40)30-10-11-31(42-30)23-8-5-9-26-24(23)14-28(37-26)33-25-15-27(35-18-29(25)38-39-33)21-13-22(17-34-16-21)36-32(41)12-20-6-3-2-4-7-20/h5,8-11,13-18,20,37H,2-4,6-7,12H2,1H3,(H,36,41)(H,38,39). The van der Waals surface area contributed by atoms with E-state index in [2.05, 4.69) is 42.6 Å². The highest BCUT2D eigenvalue weighted by molar-refractivity contribution is 7.17. The zero-order valence-corrected chi connectivity index (χ0v) is 24.1. The van der Waals surface area contributed by atoms with Crippen molar-refractivity contribution in [2.75, 3.05) is 5.32 Å². The van der Waals surface area contributed by atoms with E-state index < -0.39 is 0 Å². The number of hydrogen-bond acceptors (Lipinski definition) is 6. The Morgan fingerprint density at radius 2 is 1.86 bits per heavy atom. The van der Waals surface area contributed by atoms with Crippen LogP contribution in [-0.2, 0) is 4.79 Å². The highest BCUT2D eigenvalue weighted by Gasteiger charge is 2.18. The summed E-state index contributed by atoms with van der Waals surface area (Å²) in [6.45, 7) is 1.59. The van der Waals surface area contributed by atoms with E-state index in [1.54, 1.807) is 25.5 Å². The first-order chi connectivity index (χ1) is 20.5. The molecular formula is C33H30N6O2S. The Bertz CT molecular complexity index is 1940. The lowest BCUT2D eigenvalue weighted by Crippen LogP contribution is -2.18. The minimum absolute atomic E-state index is 0.0413. The van der Waals surface area contributed by atoms with Gasteiger partial charge in [0.15, 0.2) is 5.78 Å². The second-order valence-corrected chi connectivity index (χ2v) is 12.2. The van der Waals surface area contributed by atoms with Gasteiger partial charge in [-0.2, -0.15) is 5.10 Å².